The van der Waals surface area contributed by atoms with E-state index in [2.05, 4.69) is 0 Å². The molecule has 88 valence electrons. The van der Waals surface area contributed by atoms with Gasteiger partial charge in [-0.2, -0.15) is 0 Å². The quantitative estimate of drug-likeness (QED) is 0.600. The van der Waals surface area contributed by atoms with Crippen molar-refractivity contribution < 1.29 is 9.34 Å². The Bertz CT molecular complexity index is 504. The molecule has 0 saturated heterocycles. The fourth-order valence-corrected chi connectivity index (χ4v) is 1.83. The molecular weight excluding hydrogens is 218 g/mol. The average Bonchev–Trinajstić information content (AvgIpc) is 2.73. The van der Waals surface area contributed by atoms with E-state index in [0.717, 1.165) is 11.3 Å². The highest BCUT2D eigenvalue weighted by Gasteiger charge is 2.22. The van der Waals surface area contributed by atoms with E-state index in [1.807, 2.05) is 43.3 Å². The largest absolute Gasteiger partial charge is 0.465 e. The van der Waals surface area contributed by atoms with Gasteiger partial charge in [-0.25, -0.2) is 0 Å². The van der Waals surface area contributed by atoms with Crippen LogP contribution in [-0.4, -0.2) is 11.5 Å². The van der Waals surface area contributed by atoms with Crippen molar-refractivity contribution in [1.29, 1.82) is 0 Å². The third-order valence-corrected chi connectivity index (χ3v) is 2.64. The van der Waals surface area contributed by atoms with Crippen LogP contribution in [0.1, 0.15) is 23.0 Å². The van der Waals surface area contributed by atoms with Crippen molar-refractivity contribution in [3.8, 4) is 0 Å². The zero-order valence-electron chi connectivity index (χ0n) is 9.50. The number of benzene rings is 1. The highest BCUT2D eigenvalue weighted by molar-refractivity contribution is 5.27. The minimum Gasteiger partial charge on any atom is -0.465 e. The van der Waals surface area contributed by atoms with Gasteiger partial charge in [-0.1, -0.05) is 30.3 Å². The Labute approximate surface area is 99.0 Å². The summed E-state index contributed by atoms with van der Waals surface area (Å²) in [4.78, 5) is 10.4. The lowest BCUT2D eigenvalue weighted by Crippen LogP contribution is -2.13. The normalized spacial score (nSPS) is 12.3. The van der Waals surface area contributed by atoms with Crippen LogP contribution < -0.4 is 0 Å². The van der Waals surface area contributed by atoms with Crippen LogP contribution in [0.4, 0.5) is 0 Å². The van der Waals surface area contributed by atoms with Gasteiger partial charge in [0, 0.05) is 4.92 Å². The van der Waals surface area contributed by atoms with Crippen LogP contribution in [0.3, 0.4) is 0 Å². The van der Waals surface area contributed by atoms with Crippen molar-refractivity contribution in [3.63, 3.8) is 0 Å². The molecule has 0 saturated carbocycles. The van der Waals surface area contributed by atoms with Gasteiger partial charge >= 0.3 is 0 Å². The zero-order valence-corrected chi connectivity index (χ0v) is 9.50. The number of rotatable bonds is 4. The van der Waals surface area contributed by atoms with E-state index in [9.17, 15) is 10.1 Å². The first-order valence-corrected chi connectivity index (χ1v) is 5.40. The molecule has 1 atom stereocenters. The molecule has 1 aromatic heterocycles. The number of nitro groups is 1. The first kappa shape index (κ1) is 11.4. The third kappa shape index (κ3) is 2.72. The van der Waals surface area contributed by atoms with Gasteiger partial charge in [0.25, 0.3) is 0 Å². The summed E-state index contributed by atoms with van der Waals surface area (Å²) in [6.45, 7) is 1.68. The number of hydrogen-bond acceptors (Lipinski definition) is 3. The van der Waals surface area contributed by atoms with E-state index in [-0.39, 0.29) is 17.4 Å². The van der Waals surface area contributed by atoms with Gasteiger partial charge in [-0.15, -0.1) is 0 Å². The Balaban J connectivity index is 2.35. The van der Waals surface area contributed by atoms with E-state index < -0.39 is 0 Å². The molecule has 0 radical (unpaired) electrons. The van der Waals surface area contributed by atoms with Crippen LogP contribution in [0.25, 0.3) is 0 Å². The summed E-state index contributed by atoms with van der Waals surface area (Å²) in [5, 5.41) is 10.7. The Morgan fingerprint density at radius 2 is 1.94 bits per heavy atom. The second kappa shape index (κ2) is 4.82. The molecule has 2 rings (SSSR count). The van der Waals surface area contributed by atoms with Crippen LogP contribution in [0.15, 0.2) is 46.9 Å². The number of nitrogens with zero attached hydrogens (tertiary/aromatic N) is 1. The van der Waals surface area contributed by atoms with E-state index in [4.69, 9.17) is 4.42 Å². The lowest BCUT2D eigenvalue weighted by molar-refractivity contribution is -0.482. The minimum absolute atomic E-state index is 0.156. The molecular formula is C13H13NO3. The van der Waals surface area contributed by atoms with Gasteiger partial charge in [0.1, 0.15) is 17.4 Å². The minimum atomic E-state index is -0.320. The first-order valence-electron chi connectivity index (χ1n) is 5.40. The molecule has 0 amide bonds. The highest BCUT2D eigenvalue weighted by Crippen LogP contribution is 2.26. The molecule has 0 aliphatic heterocycles. The lowest BCUT2D eigenvalue weighted by Gasteiger charge is -2.10. The topological polar surface area (TPSA) is 56.3 Å². The number of furan rings is 1. The molecule has 0 aliphatic rings. The second-order valence-electron chi connectivity index (χ2n) is 3.93. The molecule has 0 aliphatic carbocycles. The molecule has 1 unspecified atom stereocenters. The Hall–Kier alpha value is -2.10. The SMILES string of the molecule is Cc1ccc(C(C[N+](=O)[O-])c2ccccc2)o1. The number of aryl methyl sites for hydroxylation is 1. The van der Waals surface area contributed by atoms with Gasteiger partial charge in [-0.05, 0) is 24.6 Å². The average molecular weight is 231 g/mol. The predicted molar refractivity (Wildman–Crippen MR) is 63.6 cm³/mol. The smallest absolute Gasteiger partial charge is 0.217 e. The van der Waals surface area contributed by atoms with E-state index in [1.165, 1.54) is 0 Å². The van der Waals surface area contributed by atoms with E-state index >= 15 is 0 Å². The summed E-state index contributed by atoms with van der Waals surface area (Å²) in [5.41, 5.74) is 0.901. The van der Waals surface area contributed by atoms with Gasteiger partial charge in [-0.3, -0.25) is 10.1 Å². The Morgan fingerprint density at radius 1 is 1.24 bits per heavy atom. The number of hydrogen-bond donors (Lipinski definition) is 0. The van der Waals surface area contributed by atoms with Crippen LogP contribution in [0.2, 0.25) is 0 Å². The Morgan fingerprint density at radius 3 is 2.47 bits per heavy atom. The summed E-state index contributed by atoms with van der Waals surface area (Å²) < 4.78 is 5.50. The summed E-state index contributed by atoms with van der Waals surface area (Å²) in [6, 6.07) is 13.0. The van der Waals surface area contributed by atoms with Crippen molar-refractivity contribution in [2.45, 2.75) is 12.8 Å². The summed E-state index contributed by atoms with van der Waals surface area (Å²) in [5.74, 6) is 1.09. The van der Waals surface area contributed by atoms with Crippen molar-refractivity contribution >= 4 is 0 Å². The molecule has 2 aromatic rings. The molecule has 4 nitrogen and oxygen atoms in total. The van der Waals surface area contributed by atoms with Crippen LogP contribution >= 0.6 is 0 Å². The van der Waals surface area contributed by atoms with Crippen molar-refractivity contribution in [2.75, 3.05) is 6.54 Å². The first-order chi connectivity index (χ1) is 8.16. The zero-order chi connectivity index (χ0) is 12.3. The second-order valence-corrected chi connectivity index (χ2v) is 3.93. The molecule has 0 bridgehead atoms. The molecule has 0 fully saturated rings. The van der Waals surface area contributed by atoms with Gasteiger partial charge in [0.2, 0.25) is 6.54 Å². The highest BCUT2D eigenvalue weighted by atomic mass is 16.6. The van der Waals surface area contributed by atoms with Crippen LogP contribution in [0, 0.1) is 17.0 Å². The van der Waals surface area contributed by atoms with Crippen molar-refractivity contribution in [2.24, 2.45) is 0 Å². The summed E-state index contributed by atoms with van der Waals surface area (Å²) in [7, 11) is 0. The summed E-state index contributed by atoms with van der Waals surface area (Å²) in [6.07, 6.45) is 0. The van der Waals surface area contributed by atoms with E-state index in [1.54, 1.807) is 6.07 Å². The predicted octanol–water partition coefficient (Wildman–Crippen LogP) is 3.00. The van der Waals surface area contributed by atoms with Crippen LogP contribution in [0.5, 0.6) is 0 Å². The third-order valence-electron chi connectivity index (χ3n) is 2.64. The molecule has 1 aromatic carbocycles. The van der Waals surface area contributed by atoms with Gasteiger partial charge < -0.3 is 4.42 Å². The molecule has 0 spiro atoms. The molecule has 1 heterocycles. The summed E-state index contributed by atoms with van der Waals surface area (Å²) >= 11 is 0. The fraction of sp³-hybridized carbons (Fsp3) is 0.231. The maximum Gasteiger partial charge on any atom is 0.217 e. The van der Waals surface area contributed by atoms with Crippen LogP contribution in [-0.2, 0) is 0 Å². The lowest BCUT2D eigenvalue weighted by atomic mass is 9.97. The molecule has 17 heavy (non-hydrogen) atoms. The van der Waals surface area contributed by atoms with Gasteiger partial charge in [0.15, 0.2) is 0 Å². The van der Waals surface area contributed by atoms with Crippen molar-refractivity contribution in [1.82, 2.24) is 0 Å². The Kier molecular flexibility index (Phi) is 3.23. The van der Waals surface area contributed by atoms with E-state index in [0.29, 0.717) is 5.76 Å². The fourth-order valence-electron chi connectivity index (χ4n) is 1.83. The maximum absolute atomic E-state index is 10.7. The molecule has 0 N–H and O–H groups in total. The standard InChI is InChI=1S/C13H13NO3/c1-10-7-8-13(17-10)12(9-14(15)16)11-5-3-2-4-6-11/h2-8,12H,9H2,1H3. The monoisotopic (exact) mass is 231 g/mol. The van der Waals surface area contributed by atoms with Crippen molar-refractivity contribution in [3.05, 3.63) is 69.7 Å². The maximum atomic E-state index is 10.7. The van der Waals surface area contributed by atoms with Gasteiger partial charge in [0.05, 0.1) is 0 Å². The molecule has 4 heteroatoms.